The third-order valence-electron chi connectivity index (χ3n) is 9.21. The highest BCUT2D eigenvalue weighted by Gasteiger charge is 2.54. The minimum Gasteiger partial charge on any atom is -0.508 e. The van der Waals surface area contributed by atoms with Gasteiger partial charge in [0, 0.05) is 65.0 Å². The maximum absolute atomic E-state index is 13.2. The molecule has 13 nitrogen and oxygen atoms in total. The van der Waals surface area contributed by atoms with E-state index in [0.29, 0.717) is 82.5 Å². The Labute approximate surface area is 297 Å². The zero-order valence-electron chi connectivity index (χ0n) is 27.0. The Balaban J connectivity index is 0.859. The van der Waals surface area contributed by atoms with Crippen LogP contribution in [0.3, 0.4) is 0 Å². The van der Waals surface area contributed by atoms with Crippen LogP contribution in [0.2, 0.25) is 0 Å². The van der Waals surface area contributed by atoms with Gasteiger partial charge in [-0.3, -0.25) is 4.79 Å². The van der Waals surface area contributed by atoms with Crippen LogP contribution < -0.4 is 31.3 Å². The Hall–Kier alpha value is -4.73. The number of rotatable bonds is 12. The summed E-state index contributed by atoms with van der Waals surface area (Å²) in [5, 5.41) is 36.1. The molecule has 0 aliphatic carbocycles. The predicted molar refractivity (Wildman–Crippen MR) is 190 cm³/mol. The topological polar surface area (TPSA) is 180 Å². The number of nitrogens with one attached hydrogen (secondary N) is 5. The van der Waals surface area contributed by atoms with Crippen molar-refractivity contribution in [2.45, 2.75) is 48.6 Å². The summed E-state index contributed by atoms with van der Waals surface area (Å²) in [5.41, 5.74) is 1.23. The molecule has 0 aromatic heterocycles. The fraction of sp³-hybridized carbons (Fsp3) is 0.371. The molecule has 3 aromatic carbocycles. The first-order valence-electron chi connectivity index (χ1n) is 16.5. The maximum atomic E-state index is 13.2. The van der Waals surface area contributed by atoms with Crippen molar-refractivity contribution in [2.24, 2.45) is 0 Å². The van der Waals surface area contributed by atoms with E-state index in [4.69, 9.17) is 26.4 Å². The molecule has 1 spiro atoms. The number of benzene rings is 3. The normalized spacial score (nSPS) is 20.4. The van der Waals surface area contributed by atoms with Gasteiger partial charge in [0.05, 0.1) is 30.9 Å². The van der Waals surface area contributed by atoms with E-state index in [0.717, 1.165) is 25.0 Å². The minimum absolute atomic E-state index is 0.00265. The molecular weight excluding hydrogens is 683 g/mol. The summed E-state index contributed by atoms with van der Waals surface area (Å²) in [7, 11) is 0. The van der Waals surface area contributed by atoms with Crippen LogP contribution in [0.4, 0.5) is 10.5 Å². The Morgan fingerprint density at radius 3 is 2.40 bits per heavy atom. The average Bonchev–Trinajstić information content (AvgIpc) is 3.73. The number of carbonyl (C=O) groups is 3. The van der Waals surface area contributed by atoms with Crippen molar-refractivity contribution in [2.75, 3.05) is 37.4 Å². The van der Waals surface area contributed by atoms with E-state index in [1.54, 1.807) is 30.3 Å². The first kappa shape index (κ1) is 33.8. The summed E-state index contributed by atoms with van der Waals surface area (Å²) < 4.78 is 17.8. The fourth-order valence-electron chi connectivity index (χ4n) is 6.92. The lowest BCUT2D eigenvalue weighted by Crippen LogP contribution is -2.36. The van der Waals surface area contributed by atoms with Crippen LogP contribution in [0.1, 0.15) is 52.7 Å². The highest BCUT2D eigenvalue weighted by Crippen LogP contribution is 2.57. The Morgan fingerprint density at radius 2 is 1.66 bits per heavy atom. The quantitative estimate of drug-likeness (QED) is 0.0624. The van der Waals surface area contributed by atoms with Gasteiger partial charge in [-0.05, 0) is 67.5 Å². The van der Waals surface area contributed by atoms with Crippen molar-refractivity contribution in [1.29, 1.82) is 0 Å². The number of hydrogen-bond acceptors (Lipinski definition) is 10. The van der Waals surface area contributed by atoms with Crippen LogP contribution in [-0.2, 0) is 19.9 Å². The van der Waals surface area contributed by atoms with Gasteiger partial charge in [0.15, 0.2) is 10.7 Å². The van der Waals surface area contributed by atoms with Gasteiger partial charge in [0.25, 0.3) is 0 Å². The molecule has 50 heavy (non-hydrogen) atoms. The van der Waals surface area contributed by atoms with Gasteiger partial charge in [-0.25, -0.2) is 9.59 Å². The Bertz CT molecular complexity index is 1790. The SMILES string of the molecule is O=C(CCCC[C@H]1SC[C@H]2NC(=O)N[C@H]21)NCCOCCNC(=S)Nc1ccc2c(c1)C1(OC2=O)c2ccc(O)cc2Oc2cc(O)ccc21. The molecule has 3 atom stereocenters. The van der Waals surface area contributed by atoms with Crippen LogP contribution in [-0.4, -0.2) is 82.6 Å². The third kappa shape index (κ3) is 6.72. The molecule has 4 aliphatic heterocycles. The number of esters is 1. The second kappa shape index (κ2) is 14.2. The summed E-state index contributed by atoms with van der Waals surface area (Å²) in [4.78, 5) is 36.9. The molecular formula is C35H37N5O8S2. The Kier molecular flexibility index (Phi) is 9.62. The van der Waals surface area contributed by atoms with Gasteiger partial charge in [-0.1, -0.05) is 6.42 Å². The van der Waals surface area contributed by atoms with Gasteiger partial charge in [-0.2, -0.15) is 11.8 Å². The van der Waals surface area contributed by atoms with Crippen LogP contribution >= 0.6 is 24.0 Å². The monoisotopic (exact) mass is 719 g/mol. The molecule has 15 heteroatoms. The number of carbonyl (C=O) groups excluding carboxylic acids is 3. The number of fused-ring (bicyclic) bond motifs is 7. The maximum Gasteiger partial charge on any atom is 0.340 e. The molecule has 4 aliphatic rings. The van der Waals surface area contributed by atoms with Crippen molar-refractivity contribution >= 4 is 52.7 Å². The zero-order chi connectivity index (χ0) is 34.8. The first-order valence-corrected chi connectivity index (χ1v) is 18.0. The molecule has 0 unspecified atom stereocenters. The number of aromatic hydroxyl groups is 2. The minimum atomic E-state index is -1.38. The molecule has 2 saturated heterocycles. The number of urea groups is 1. The average molecular weight is 720 g/mol. The molecule has 7 rings (SSSR count). The lowest BCUT2D eigenvalue weighted by atomic mass is 9.77. The van der Waals surface area contributed by atoms with Crippen LogP contribution in [0.15, 0.2) is 54.6 Å². The van der Waals surface area contributed by atoms with Crippen molar-refractivity contribution in [3.8, 4) is 23.0 Å². The molecule has 0 bridgehead atoms. The number of amides is 3. The van der Waals surface area contributed by atoms with Gasteiger partial charge in [0.1, 0.15) is 23.0 Å². The van der Waals surface area contributed by atoms with E-state index in [1.165, 1.54) is 24.3 Å². The van der Waals surface area contributed by atoms with E-state index in [-0.39, 0.29) is 35.5 Å². The molecule has 262 valence electrons. The molecule has 3 aromatic rings. The van der Waals surface area contributed by atoms with Crippen molar-refractivity contribution in [3.63, 3.8) is 0 Å². The van der Waals surface area contributed by atoms with Crippen LogP contribution in [0.25, 0.3) is 0 Å². The molecule has 3 amide bonds. The third-order valence-corrected chi connectivity index (χ3v) is 11.0. The van der Waals surface area contributed by atoms with Gasteiger partial charge < -0.3 is 51.0 Å². The fourth-order valence-corrected chi connectivity index (χ4v) is 8.68. The van der Waals surface area contributed by atoms with E-state index >= 15 is 0 Å². The number of hydrogen-bond donors (Lipinski definition) is 7. The second-order valence-corrected chi connectivity index (χ2v) is 14.2. The van der Waals surface area contributed by atoms with Gasteiger partial charge >= 0.3 is 12.0 Å². The number of phenolic OH excluding ortho intramolecular Hbond substituents is 2. The summed E-state index contributed by atoms with van der Waals surface area (Å²) in [6.45, 7) is 1.58. The zero-order valence-corrected chi connectivity index (χ0v) is 28.6. The molecule has 7 N–H and O–H groups in total. The molecule has 4 heterocycles. The lowest BCUT2D eigenvalue weighted by molar-refractivity contribution is -0.121. The van der Waals surface area contributed by atoms with Crippen molar-refractivity contribution in [1.82, 2.24) is 21.3 Å². The number of phenols is 2. The smallest absolute Gasteiger partial charge is 0.340 e. The number of thiocarbonyl (C=S) groups is 1. The summed E-state index contributed by atoms with van der Waals surface area (Å²) in [6, 6.07) is 14.7. The lowest BCUT2D eigenvalue weighted by Gasteiger charge is -2.36. The second-order valence-electron chi connectivity index (χ2n) is 12.5. The summed E-state index contributed by atoms with van der Waals surface area (Å²) in [6.07, 6.45) is 3.18. The standard InChI is InChI=1S/C35H37N5O8S2/c41-20-6-9-23-27(16-20)47-28-17-21(42)7-10-24(28)35(23)25-15-19(5-8-22(25)32(44)48-35)38-34(49)37-12-14-46-13-11-36-30(43)4-2-1-3-29-31-26(18-50-29)39-33(45)40-31/h5-10,15-17,26,29,31,41-42H,1-4,11-14,18H2,(H,36,43)(H2,37,38,49)(H2,39,40,45)/t26-,29-,31-/m1/s1. The van der Waals surface area contributed by atoms with E-state index < -0.39 is 11.6 Å². The van der Waals surface area contributed by atoms with E-state index in [9.17, 15) is 24.6 Å². The summed E-state index contributed by atoms with van der Waals surface area (Å²) in [5.74, 6) is 0.966. The first-order chi connectivity index (χ1) is 24.2. The summed E-state index contributed by atoms with van der Waals surface area (Å²) >= 11 is 7.39. The highest BCUT2D eigenvalue weighted by molar-refractivity contribution is 8.00. The number of unbranched alkanes of at least 4 members (excludes halogenated alkanes) is 1. The van der Waals surface area contributed by atoms with Crippen LogP contribution in [0, 0.1) is 0 Å². The molecule has 0 radical (unpaired) electrons. The molecule has 2 fully saturated rings. The number of anilines is 1. The predicted octanol–water partition coefficient (Wildman–Crippen LogP) is 3.81. The number of ether oxygens (including phenoxy) is 3. The van der Waals surface area contributed by atoms with Crippen LogP contribution in [0.5, 0.6) is 23.0 Å². The number of thioether (sulfide) groups is 1. The molecule has 0 saturated carbocycles. The largest absolute Gasteiger partial charge is 0.508 e. The van der Waals surface area contributed by atoms with Crippen molar-refractivity contribution < 1.29 is 38.8 Å². The van der Waals surface area contributed by atoms with E-state index in [2.05, 4.69) is 26.6 Å². The van der Waals surface area contributed by atoms with Gasteiger partial charge in [-0.15, -0.1) is 0 Å². The van der Waals surface area contributed by atoms with E-state index in [1.807, 2.05) is 11.8 Å². The Morgan fingerprint density at radius 1 is 0.940 bits per heavy atom. The highest BCUT2D eigenvalue weighted by atomic mass is 32.2. The van der Waals surface area contributed by atoms with Gasteiger partial charge in [0.2, 0.25) is 5.91 Å². The van der Waals surface area contributed by atoms with Crippen molar-refractivity contribution in [3.05, 3.63) is 76.9 Å².